The van der Waals surface area contributed by atoms with Gasteiger partial charge in [-0.15, -0.1) is 0 Å². The van der Waals surface area contributed by atoms with Gasteiger partial charge < -0.3 is 10.5 Å². The third-order valence-corrected chi connectivity index (χ3v) is 3.64. The van der Waals surface area contributed by atoms with Crippen molar-refractivity contribution < 1.29 is 4.74 Å². The van der Waals surface area contributed by atoms with Gasteiger partial charge in [0.1, 0.15) is 5.75 Å². The Kier molecular flexibility index (Phi) is 3.79. The van der Waals surface area contributed by atoms with E-state index in [2.05, 4.69) is 6.07 Å². The second-order valence-corrected chi connectivity index (χ2v) is 5.53. The number of benzene rings is 1. The summed E-state index contributed by atoms with van der Waals surface area (Å²) in [5, 5.41) is 9.44. The van der Waals surface area contributed by atoms with E-state index >= 15 is 0 Å². The van der Waals surface area contributed by atoms with Crippen LogP contribution in [0.1, 0.15) is 37.8 Å². The van der Waals surface area contributed by atoms with Crippen LogP contribution in [0.5, 0.6) is 5.75 Å². The lowest BCUT2D eigenvalue weighted by Gasteiger charge is -2.17. The molecule has 0 saturated heterocycles. The minimum absolute atomic E-state index is 0.0729. The molecule has 2 N–H and O–H groups in total. The van der Waals surface area contributed by atoms with E-state index in [-0.39, 0.29) is 11.5 Å². The van der Waals surface area contributed by atoms with Gasteiger partial charge in [0.15, 0.2) is 0 Å². The first-order valence-corrected chi connectivity index (χ1v) is 6.49. The highest BCUT2D eigenvalue weighted by molar-refractivity contribution is 6.30. The Hall–Kier alpha value is -1.24. The van der Waals surface area contributed by atoms with Crippen LogP contribution in [-0.4, -0.2) is 6.61 Å². The summed E-state index contributed by atoms with van der Waals surface area (Å²) in [4.78, 5) is 0. The van der Waals surface area contributed by atoms with Crippen molar-refractivity contribution in [3.05, 3.63) is 28.8 Å². The predicted octanol–water partition coefficient (Wildman–Crippen LogP) is 3.43. The van der Waals surface area contributed by atoms with E-state index in [0.717, 1.165) is 24.2 Å². The highest BCUT2D eigenvalue weighted by Crippen LogP contribution is 2.49. The van der Waals surface area contributed by atoms with Crippen molar-refractivity contribution in [2.45, 2.75) is 32.2 Å². The maximum absolute atomic E-state index is 8.78. The fourth-order valence-electron chi connectivity index (χ4n) is 1.95. The van der Waals surface area contributed by atoms with Gasteiger partial charge in [-0.25, -0.2) is 0 Å². The van der Waals surface area contributed by atoms with E-state index in [1.165, 1.54) is 0 Å². The maximum Gasteiger partial charge on any atom is 0.124 e. The molecule has 18 heavy (non-hydrogen) atoms. The van der Waals surface area contributed by atoms with Crippen LogP contribution in [0.15, 0.2) is 18.2 Å². The van der Waals surface area contributed by atoms with Gasteiger partial charge in [0.2, 0.25) is 0 Å². The van der Waals surface area contributed by atoms with Crippen LogP contribution >= 0.6 is 11.6 Å². The number of nitrogens with zero attached hydrogens (tertiary/aromatic N) is 1. The van der Waals surface area contributed by atoms with Crippen LogP contribution in [0.2, 0.25) is 5.02 Å². The lowest BCUT2D eigenvalue weighted by molar-refractivity contribution is 0.234. The Balaban J connectivity index is 2.08. The lowest BCUT2D eigenvalue weighted by Crippen LogP contribution is -2.15. The Morgan fingerprint density at radius 1 is 1.56 bits per heavy atom. The van der Waals surface area contributed by atoms with Crippen LogP contribution < -0.4 is 10.5 Å². The summed E-state index contributed by atoms with van der Waals surface area (Å²) in [6.07, 6.45) is 2.71. The van der Waals surface area contributed by atoms with E-state index in [1.54, 1.807) is 6.07 Å². The zero-order valence-corrected chi connectivity index (χ0v) is 11.2. The number of rotatable bonds is 5. The SMILES string of the molecule is C[C@H](N)c1cc(Cl)ccc1OCC1(CC#N)CC1. The third-order valence-electron chi connectivity index (χ3n) is 3.41. The van der Waals surface area contributed by atoms with Crippen LogP contribution in [-0.2, 0) is 0 Å². The van der Waals surface area contributed by atoms with Crippen LogP contribution in [0.4, 0.5) is 0 Å². The molecule has 1 atom stereocenters. The van der Waals surface area contributed by atoms with Crippen molar-refractivity contribution in [2.75, 3.05) is 6.61 Å². The van der Waals surface area contributed by atoms with E-state index in [9.17, 15) is 0 Å². The Morgan fingerprint density at radius 3 is 2.83 bits per heavy atom. The summed E-state index contributed by atoms with van der Waals surface area (Å²) in [7, 11) is 0. The molecule has 1 saturated carbocycles. The molecule has 0 unspecified atom stereocenters. The second-order valence-electron chi connectivity index (χ2n) is 5.09. The standard InChI is InChI=1S/C14H17ClN2O/c1-10(17)12-8-11(15)2-3-13(12)18-9-14(4-5-14)6-7-16/h2-3,8,10H,4-6,9,17H2,1H3/t10-/m0/s1. The zero-order chi connectivity index (χ0) is 13.2. The number of nitrogens with two attached hydrogens (primary N) is 1. The minimum atomic E-state index is -0.121. The first-order valence-electron chi connectivity index (χ1n) is 6.11. The normalized spacial score (nSPS) is 17.9. The molecule has 0 amide bonds. The molecule has 2 rings (SSSR count). The average Bonchev–Trinajstić information content (AvgIpc) is 3.08. The van der Waals surface area contributed by atoms with Gasteiger partial charge >= 0.3 is 0 Å². The molecule has 1 aliphatic carbocycles. The van der Waals surface area contributed by atoms with Gasteiger partial charge in [-0.2, -0.15) is 5.26 Å². The highest BCUT2D eigenvalue weighted by Gasteiger charge is 2.43. The molecule has 0 aromatic heterocycles. The Bertz CT molecular complexity index is 475. The molecule has 3 nitrogen and oxygen atoms in total. The van der Waals surface area contributed by atoms with Crippen LogP contribution in [0, 0.1) is 16.7 Å². The molecule has 1 fully saturated rings. The number of ether oxygens (including phenoxy) is 1. The van der Waals surface area contributed by atoms with Gasteiger partial charge in [-0.3, -0.25) is 0 Å². The van der Waals surface area contributed by atoms with Crippen molar-refractivity contribution in [1.29, 1.82) is 5.26 Å². The molecule has 1 aromatic carbocycles. The molecule has 4 heteroatoms. The van der Waals surface area contributed by atoms with Crippen molar-refractivity contribution in [3.63, 3.8) is 0 Å². The summed E-state index contributed by atoms with van der Waals surface area (Å²) in [6, 6.07) is 7.59. The largest absolute Gasteiger partial charge is 0.493 e. The van der Waals surface area contributed by atoms with Crippen molar-refractivity contribution in [1.82, 2.24) is 0 Å². The molecule has 0 aliphatic heterocycles. The number of nitriles is 1. The van der Waals surface area contributed by atoms with Crippen LogP contribution in [0.25, 0.3) is 0 Å². The second kappa shape index (κ2) is 5.17. The minimum Gasteiger partial charge on any atom is -0.493 e. The first kappa shape index (κ1) is 13.2. The van der Waals surface area contributed by atoms with Crippen molar-refractivity contribution in [2.24, 2.45) is 11.1 Å². The van der Waals surface area contributed by atoms with Gasteiger partial charge in [-0.1, -0.05) is 11.6 Å². The lowest BCUT2D eigenvalue weighted by atomic mass is 10.0. The maximum atomic E-state index is 8.78. The molecule has 1 aliphatic rings. The number of hydrogen-bond acceptors (Lipinski definition) is 3. The van der Waals surface area contributed by atoms with Crippen molar-refractivity contribution >= 4 is 11.6 Å². The Labute approximate surface area is 112 Å². The number of hydrogen-bond donors (Lipinski definition) is 1. The first-order chi connectivity index (χ1) is 8.56. The Morgan fingerprint density at radius 2 is 2.28 bits per heavy atom. The van der Waals surface area contributed by atoms with E-state index < -0.39 is 0 Å². The molecular weight excluding hydrogens is 248 g/mol. The quantitative estimate of drug-likeness (QED) is 0.886. The van der Waals surface area contributed by atoms with Gasteiger partial charge in [0.05, 0.1) is 12.7 Å². The van der Waals surface area contributed by atoms with E-state index in [0.29, 0.717) is 18.1 Å². The molecule has 0 radical (unpaired) electrons. The summed E-state index contributed by atoms with van der Waals surface area (Å²) in [5.74, 6) is 0.776. The molecule has 0 bridgehead atoms. The summed E-state index contributed by atoms with van der Waals surface area (Å²) in [5.41, 5.74) is 6.89. The highest BCUT2D eigenvalue weighted by atomic mass is 35.5. The smallest absolute Gasteiger partial charge is 0.124 e. The monoisotopic (exact) mass is 264 g/mol. The fourth-order valence-corrected chi connectivity index (χ4v) is 2.13. The summed E-state index contributed by atoms with van der Waals surface area (Å²) >= 11 is 5.96. The molecule has 0 heterocycles. The average molecular weight is 265 g/mol. The predicted molar refractivity (Wildman–Crippen MR) is 71.4 cm³/mol. The topological polar surface area (TPSA) is 59.0 Å². The van der Waals surface area contributed by atoms with E-state index in [1.807, 2.05) is 19.1 Å². The summed E-state index contributed by atoms with van der Waals surface area (Å²) < 4.78 is 5.84. The molecule has 1 aromatic rings. The van der Waals surface area contributed by atoms with Gasteiger partial charge in [-0.05, 0) is 38.0 Å². The van der Waals surface area contributed by atoms with Crippen molar-refractivity contribution in [3.8, 4) is 11.8 Å². The molecular formula is C14H17ClN2O. The number of halogens is 1. The summed E-state index contributed by atoms with van der Waals surface area (Å²) in [6.45, 7) is 2.49. The molecule has 96 valence electrons. The zero-order valence-electron chi connectivity index (χ0n) is 10.4. The fraction of sp³-hybridized carbons (Fsp3) is 0.500. The van der Waals surface area contributed by atoms with E-state index in [4.69, 9.17) is 27.3 Å². The third kappa shape index (κ3) is 2.95. The van der Waals surface area contributed by atoms with Gasteiger partial charge in [0, 0.05) is 28.5 Å². The molecule has 0 spiro atoms. The van der Waals surface area contributed by atoms with Gasteiger partial charge in [0.25, 0.3) is 0 Å². The van der Waals surface area contributed by atoms with Crippen LogP contribution in [0.3, 0.4) is 0 Å².